The molecule has 1 rings (SSSR count). The molecule has 94 valence electrons. The highest BCUT2D eigenvalue weighted by Gasteiger charge is 2.30. The van der Waals surface area contributed by atoms with E-state index in [2.05, 4.69) is 11.9 Å². The van der Waals surface area contributed by atoms with Crippen LogP contribution in [0.2, 0.25) is 0 Å². The summed E-state index contributed by atoms with van der Waals surface area (Å²) in [7, 11) is -1.43. The topological polar surface area (TPSA) is 49.4 Å². The van der Waals surface area contributed by atoms with E-state index >= 15 is 0 Å². The Hall–Kier alpha value is -0.390. The van der Waals surface area contributed by atoms with Crippen molar-refractivity contribution in [3.05, 3.63) is 12.7 Å². The van der Waals surface area contributed by atoms with Gasteiger partial charge in [0.1, 0.15) is 0 Å². The van der Waals surface area contributed by atoms with Crippen molar-refractivity contribution in [2.45, 2.75) is 30.9 Å². The van der Waals surface area contributed by atoms with Gasteiger partial charge in [-0.2, -0.15) is 0 Å². The summed E-state index contributed by atoms with van der Waals surface area (Å²) in [4.78, 5) is 0. The quantitative estimate of drug-likeness (QED) is 0.561. The lowest BCUT2D eigenvalue weighted by atomic mass is 10.2. The van der Waals surface area contributed by atoms with E-state index in [0.717, 1.165) is 32.2 Å². The fourth-order valence-electron chi connectivity index (χ4n) is 1.91. The first-order valence-electron chi connectivity index (χ1n) is 5.86. The SMILES string of the molecule is C=CCCCN(C)S(=O)(=O)C1CCCNC1. The predicted molar refractivity (Wildman–Crippen MR) is 66.9 cm³/mol. The zero-order valence-electron chi connectivity index (χ0n) is 9.98. The summed E-state index contributed by atoms with van der Waals surface area (Å²) in [5.74, 6) is 0. The Balaban J connectivity index is 2.50. The molecule has 0 amide bonds. The largest absolute Gasteiger partial charge is 0.315 e. The summed E-state index contributed by atoms with van der Waals surface area (Å²) in [6.07, 6.45) is 5.26. The Bertz CT molecular complexity index is 308. The van der Waals surface area contributed by atoms with Crippen LogP contribution < -0.4 is 5.32 Å². The van der Waals surface area contributed by atoms with Gasteiger partial charge in [-0.3, -0.25) is 0 Å². The van der Waals surface area contributed by atoms with E-state index in [-0.39, 0.29) is 5.25 Å². The summed E-state index contributed by atoms with van der Waals surface area (Å²) < 4.78 is 25.8. The van der Waals surface area contributed by atoms with Crippen molar-refractivity contribution in [2.24, 2.45) is 0 Å². The molecule has 1 atom stereocenters. The number of hydrogen-bond donors (Lipinski definition) is 1. The van der Waals surface area contributed by atoms with Crippen molar-refractivity contribution in [1.82, 2.24) is 9.62 Å². The van der Waals surface area contributed by atoms with Crippen molar-refractivity contribution < 1.29 is 8.42 Å². The standard InChI is InChI=1S/C11H22N2O2S/c1-3-4-5-9-13(2)16(14,15)11-7-6-8-12-10-11/h3,11-12H,1,4-10H2,2H3. The fourth-order valence-corrected chi connectivity index (χ4v) is 3.60. The third-order valence-corrected chi connectivity index (χ3v) is 5.28. The molecular formula is C11H22N2O2S. The zero-order valence-corrected chi connectivity index (χ0v) is 10.8. The van der Waals surface area contributed by atoms with E-state index in [9.17, 15) is 8.42 Å². The van der Waals surface area contributed by atoms with Gasteiger partial charge in [0.15, 0.2) is 0 Å². The van der Waals surface area contributed by atoms with Gasteiger partial charge in [0.25, 0.3) is 0 Å². The lowest BCUT2D eigenvalue weighted by molar-refractivity contribution is 0.428. The molecule has 1 heterocycles. The second-order valence-electron chi connectivity index (χ2n) is 4.27. The Kier molecular flexibility index (Phi) is 5.44. The van der Waals surface area contributed by atoms with Gasteiger partial charge in [-0.15, -0.1) is 6.58 Å². The third kappa shape index (κ3) is 3.57. The van der Waals surface area contributed by atoms with Crippen molar-refractivity contribution >= 4 is 10.0 Å². The van der Waals surface area contributed by atoms with E-state index < -0.39 is 10.0 Å². The fraction of sp³-hybridized carbons (Fsp3) is 0.818. The molecule has 0 aliphatic carbocycles. The van der Waals surface area contributed by atoms with Crippen molar-refractivity contribution in [1.29, 1.82) is 0 Å². The molecule has 0 radical (unpaired) electrons. The molecule has 5 heteroatoms. The third-order valence-electron chi connectivity index (χ3n) is 2.99. The average Bonchev–Trinajstić information content (AvgIpc) is 2.30. The Morgan fingerprint density at radius 2 is 2.31 bits per heavy atom. The van der Waals surface area contributed by atoms with Gasteiger partial charge in [-0.1, -0.05) is 6.08 Å². The van der Waals surface area contributed by atoms with Crippen LogP contribution in [0.1, 0.15) is 25.7 Å². The first-order chi connectivity index (χ1) is 7.59. The van der Waals surface area contributed by atoms with Gasteiger partial charge >= 0.3 is 0 Å². The van der Waals surface area contributed by atoms with Gasteiger partial charge in [0.05, 0.1) is 5.25 Å². The maximum Gasteiger partial charge on any atom is 0.217 e. The molecule has 0 aromatic carbocycles. The van der Waals surface area contributed by atoms with Crippen LogP contribution in [0.5, 0.6) is 0 Å². The van der Waals surface area contributed by atoms with Gasteiger partial charge in [0.2, 0.25) is 10.0 Å². The lowest BCUT2D eigenvalue weighted by Crippen LogP contribution is -2.45. The van der Waals surface area contributed by atoms with Crippen LogP contribution in [0.4, 0.5) is 0 Å². The zero-order chi connectivity index (χ0) is 12.0. The van der Waals surface area contributed by atoms with E-state index in [0.29, 0.717) is 13.1 Å². The Morgan fingerprint density at radius 3 is 2.88 bits per heavy atom. The Labute approximate surface area is 98.8 Å². The van der Waals surface area contributed by atoms with Gasteiger partial charge in [-0.05, 0) is 32.2 Å². The maximum atomic E-state index is 12.1. The van der Waals surface area contributed by atoms with Crippen LogP contribution >= 0.6 is 0 Å². The predicted octanol–water partition coefficient (Wildman–Crippen LogP) is 0.966. The molecular weight excluding hydrogens is 224 g/mol. The van der Waals surface area contributed by atoms with Gasteiger partial charge in [0, 0.05) is 20.1 Å². The minimum Gasteiger partial charge on any atom is -0.315 e. The van der Waals surface area contributed by atoms with Crippen LogP contribution in [-0.2, 0) is 10.0 Å². The monoisotopic (exact) mass is 246 g/mol. The number of unbranched alkanes of at least 4 members (excludes halogenated alkanes) is 1. The molecule has 16 heavy (non-hydrogen) atoms. The second kappa shape index (κ2) is 6.37. The minimum atomic E-state index is -3.11. The van der Waals surface area contributed by atoms with Gasteiger partial charge in [-0.25, -0.2) is 12.7 Å². The first-order valence-corrected chi connectivity index (χ1v) is 7.36. The highest BCUT2D eigenvalue weighted by atomic mass is 32.2. The molecule has 0 aromatic rings. The molecule has 0 bridgehead atoms. The number of rotatable bonds is 6. The van der Waals surface area contributed by atoms with Crippen molar-refractivity contribution in [3.8, 4) is 0 Å². The molecule has 1 unspecified atom stereocenters. The minimum absolute atomic E-state index is 0.241. The van der Waals surface area contributed by atoms with Crippen LogP contribution in [0, 0.1) is 0 Å². The average molecular weight is 246 g/mol. The molecule has 1 aliphatic heterocycles. The van der Waals surface area contributed by atoms with E-state index in [1.54, 1.807) is 7.05 Å². The second-order valence-corrected chi connectivity index (χ2v) is 6.59. The summed E-state index contributed by atoms with van der Waals surface area (Å²) in [5, 5.41) is 2.90. The van der Waals surface area contributed by atoms with E-state index in [4.69, 9.17) is 0 Å². The first kappa shape index (κ1) is 13.7. The molecule has 1 fully saturated rings. The molecule has 0 saturated carbocycles. The smallest absolute Gasteiger partial charge is 0.217 e. The summed E-state index contributed by atoms with van der Waals surface area (Å²) >= 11 is 0. The van der Waals surface area contributed by atoms with Crippen LogP contribution in [-0.4, -0.2) is 44.7 Å². The summed E-state index contributed by atoms with van der Waals surface area (Å²) in [5.41, 5.74) is 0. The molecule has 1 saturated heterocycles. The van der Waals surface area contributed by atoms with E-state index in [1.165, 1.54) is 4.31 Å². The van der Waals surface area contributed by atoms with E-state index in [1.807, 2.05) is 6.08 Å². The van der Waals surface area contributed by atoms with Crippen molar-refractivity contribution in [2.75, 3.05) is 26.7 Å². The maximum absolute atomic E-state index is 12.1. The van der Waals surface area contributed by atoms with Crippen LogP contribution in [0.15, 0.2) is 12.7 Å². The lowest BCUT2D eigenvalue weighted by Gasteiger charge is -2.27. The molecule has 4 nitrogen and oxygen atoms in total. The highest BCUT2D eigenvalue weighted by molar-refractivity contribution is 7.89. The van der Waals surface area contributed by atoms with Crippen molar-refractivity contribution in [3.63, 3.8) is 0 Å². The number of piperidine rings is 1. The molecule has 0 aromatic heterocycles. The summed E-state index contributed by atoms with van der Waals surface area (Å²) in [6.45, 7) is 5.75. The molecule has 1 aliphatic rings. The summed E-state index contributed by atoms with van der Waals surface area (Å²) in [6, 6.07) is 0. The van der Waals surface area contributed by atoms with Crippen LogP contribution in [0.3, 0.4) is 0 Å². The normalized spacial score (nSPS) is 22.2. The highest BCUT2D eigenvalue weighted by Crippen LogP contribution is 2.15. The van der Waals surface area contributed by atoms with Crippen LogP contribution in [0.25, 0.3) is 0 Å². The van der Waals surface area contributed by atoms with Gasteiger partial charge < -0.3 is 5.32 Å². The Morgan fingerprint density at radius 1 is 1.56 bits per heavy atom. The number of nitrogens with one attached hydrogen (secondary N) is 1. The number of nitrogens with zero attached hydrogens (tertiary/aromatic N) is 1. The number of sulfonamides is 1. The number of allylic oxidation sites excluding steroid dienone is 1. The number of hydrogen-bond acceptors (Lipinski definition) is 3. The molecule has 0 spiro atoms. The molecule has 1 N–H and O–H groups in total.